The van der Waals surface area contributed by atoms with Crippen LogP contribution in [0.3, 0.4) is 0 Å². The molecular formula is C16H15BrN4O2S. The van der Waals surface area contributed by atoms with E-state index in [1.165, 1.54) is 0 Å². The van der Waals surface area contributed by atoms with Gasteiger partial charge in [-0.1, -0.05) is 30.3 Å². The third kappa shape index (κ3) is 3.49. The Kier molecular flexibility index (Phi) is 4.96. The van der Waals surface area contributed by atoms with E-state index in [1.54, 1.807) is 11.6 Å². The van der Waals surface area contributed by atoms with Crippen LogP contribution in [0, 0.1) is 4.77 Å². The molecule has 0 bridgehead atoms. The number of fused-ring (bicyclic) bond motifs is 1. The number of nitrogens with one attached hydrogen (secondary N) is 2. The Morgan fingerprint density at radius 2 is 2.17 bits per heavy atom. The first-order valence-electron chi connectivity index (χ1n) is 7.23. The monoisotopic (exact) mass is 406 g/mol. The van der Waals surface area contributed by atoms with Gasteiger partial charge in [0.15, 0.2) is 17.2 Å². The molecule has 0 saturated heterocycles. The van der Waals surface area contributed by atoms with Gasteiger partial charge in [-0.3, -0.25) is 9.89 Å². The molecule has 0 saturated carbocycles. The maximum Gasteiger partial charge on any atom is 0.258 e. The summed E-state index contributed by atoms with van der Waals surface area (Å²) in [5.74, 6) is 1.05. The number of ether oxygens (including phenoxy) is 1. The molecule has 0 radical (unpaired) electrons. The molecule has 1 heterocycles. The van der Waals surface area contributed by atoms with Gasteiger partial charge in [-0.15, -0.1) is 0 Å². The molecule has 0 atom stereocenters. The number of aromatic amines is 1. The number of hydrogen-bond donors (Lipinski definition) is 2. The predicted octanol–water partition coefficient (Wildman–Crippen LogP) is 3.09. The van der Waals surface area contributed by atoms with Gasteiger partial charge in [0.1, 0.15) is 5.75 Å². The average Bonchev–Trinajstić information content (AvgIpc) is 2.91. The van der Waals surface area contributed by atoms with E-state index in [1.807, 2.05) is 36.4 Å². The number of nitrogens with zero attached hydrogens (tertiary/aromatic N) is 2. The van der Waals surface area contributed by atoms with Crippen LogP contribution < -0.4 is 10.1 Å². The number of rotatable bonds is 5. The van der Waals surface area contributed by atoms with Crippen LogP contribution >= 0.6 is 28.1 Å². The van der Waals surface area contributed by atoms with Crippen LogP contribution in [0.2, 0.25) is 0 Å². The summed E-state index contributed by atoms with van der Waals surface area (Å²) in [5.41, 5.74) is 0. The minimum Gasteiger partial charge on any atom is -0.483 e. The van der Waals surface area contributed by atoms with Crippen molar-refractivity contribution in [2.24, 2.45) is 7.05 Å². The number of amides is 1. The summed E-state index contributed by atoms with van der Waals surface area (Å²) in [4.78, 5) is 12.0. The third-order valence-electron chi connectivity index (χ3n) is 3.60. The van der Waals surface area contributed by atoms with Crippen molar-refractivity contribution in [2.75, 3.05) is 6.61 Å². The van der Waals surface area contributed by atoms with E-state index in [-0.39, 0.29) is 19.1 Å². The van der Waals surface area contributed by atoms with Crippen molar-refractivity contribution in [3.05, 3.63) is 51.5 Å². The van der Waals surface area contributed by atoms with Crippen LogP contribution in [0.5, 0.6) is 5.75 Å². The highest BCUT2D eigenvalue weighted by molar-refractivity contribution is 9.10. The quantitative estimate of drug-likeness (QED) is 0.638. The van der Waals surface area contributed by atoms with Crippen molar-refractivity contribution in [1.29, 1.82) is 0 Å². The van der Waals surface area contributed by atoms with E-state index >= 15 is 0 Å². The minimum atomic E-state index is -0.232. The van der Waals surface area contributed by atoms with Gasteiger partial charge in [0.2, 0.25) is 0 Å². The van der Waals surface area contributed by atoms with E-state index in [0.717, 1.165) is 15.2 Å². The fraction of sp³-hybridized carbons (Fsp3) is 0.188. The number of H-pyrrole nitrogens is 1. The van der Waals surface area contributed by atoms with Crippen LogP contribution in [0.15, 0.2) is 40.9 Å². The SMILES string of the molecule is Cn1c(CNC(=O)COc2ccc3ccccc3c2Br)n[nH]c1=S. The van der Waals surface area contributed by atoms with Gasteiger partial charge < -0.3 is 14.6 Å². The molecular weight excluding hydrogens is 392 g/mol. The lowest BCUT2D eigenvalue weighted by Gasteiger charge is -2.10. The first-order valence-corrected chi connectivity index (χ1v) is 8.43. The smallest absolute Gasteiger partial charge is 0.258 e. The Bertz CT molecular complexity index is 951. The summed E-state index contributed by atoms with van der Waals surface area (Å²) < 4.78 is 8.67. The Balaban J connectivity index is 1.61. The van der Waals surface area contributed by atoms with E-state index in [0.29, 0.717) is 16.3 Å². The summed E-state index contributed by atoms with van der Waals surface area (Å²) in [6.07, 6.45) is 0. The van der Waals surface area contributed by atoms with Crippen molar-refractivity contribution < 1.29 is 9.53 Å². The van der Waals surface area contributed by atoms with Crippen LogP contribution in [-0.4, -0.2) is 27.3 Å². The number of aromatic nitrogens is 3. The second kappa shape index (κ2) is 7.14. The molecule has 0 spiro atoms. The van der Waals surface area contributed by atoms with Crippen molar-refractivity contribution in [1.82, 2.24) is 20.1 Å². The molecule has 2 aromatic carbocycles. The fourth-order valence-electron chi connectivity index (χ4n) is 2.23. The summed E-state index contributed by atoms with van der Waals surface area (Å²) in [6.45, 7) is 0.205. The van der Waals surface area contributed by atoms with Gasteiger partial charge in [-0.05, 0) is 45.0 Å². The minimum absolute atomic E-state index is 0.0776. The molecule has 1 aromatic heterocycles. The molecule has 3 aromatic rings. The molecule has 6 nitrogen and oxygen atoms in total. The van der Waals surface area contributed by atoms with E-state index in [4.69, 9.17) is 17.0 Å². The molecule has 3 rings (SSSR count). The molecule has 24 heavy (non-hydrogen) atoms. The number of carbonyl (C=O) groups is 1. The maximum absolute atomic E-state index is 12.0. The number of carbonyl (C=O) groups excluding carboxylic acids is 1. The first kappa shape index (κ1) is 16.7. The lowest BCUT2D eigenvalue weighted by Crippen LogP contribution is -2.29. The van der Waals surface area contributed by atoms with E-state index in [2.05, 4.69) is 31.4 Å². The van der Waals surface area contributed by atoms with Crippen LogP contribution in [0.25, 0.3) is 10.8 Å². The van der Waals surface area contributed by atoms with Crippen LogP contribution in [0.4, 0.5) is 0 Å². The Hall–Kier alpha value is -2.19. The number of benzene rings is 2. The molecule has 1 amide bonds. The summed E-state index contributed by atoms with van der Waals surface area (Å²) in [7, 11) is 1.79. The van der Waals surface area contributed by atoms with Gasteiger partial charge in [0.25, 0.3) is 5.91 Å². The highest BCUT2D eigenvalue weighted by atomic mass is 79.9. The normalized spacial score (nSPS) is 10.8. The summed E-state index contributed by atoms with van der Waals surface area (Å²) in [6, 6.07) is 11.8. The second-order valence-electron chi connectivity index (χ2n) is 5.17. The van der Waals surface area contributed by atoms with Crippen molar-refractivity contribution in [3.63, 3.8) is 0 Å². The lowest BCUT2D eigenvalue weighted by molar-refractivity contribution is -0.123. The average molecular weight is 407 g/mol. The highest BCUT2D eigenvalue weighted by Crippen LogP contribution is 2.32. The largest absolute Gasteiger partial charge is 0.483 e. The topological polar surface area (TPSA) is 71.9 Å². The van der Waals surface area contributed by atoms with Gasteiger partial charge in [-0.25, -0.2) is 0 Å². The van der Waals surface area contributed by atoms with Crippen molar-refractivity contribution >= 4 is 44.8 Å². The molecule has 0 aliphatic heterocycles. The zero-order valence-electron chi connectivity index (χ0n) is 12.9. The first-order chi connectivity index (χ1) is 11.6. The van der Waals surface area contributed by atoms with Crippen LogP contribution in [0.1, 0.15) is 5.82 Å². The molecule has 0 fully saturated rings. The molecule has 0 aliphatic rings. The molecule has 0 unspecified atom stereocenters. The number of halogens is 1. The maximum atomic E-state index is 12.0. The third-order valence-corrected chi connectivity index (χ3v) is 4.79. The zero-order chi connectivity index (χ0) is 17.1. The van der Waals surface area contributed by atoms with Crippen molar-refractivity contribution in [3.8, 4) is 5.75 Å². The van der Waals surface area contributed by atoms with Crippen LogP contribution in [-0.2, 0) is 18.4 Å². The molecule has 8 heteroatoms. The molecule has 0 aliphatic carbocycles. The Labute approximate surface area is 152 Å². The van der Waals surface area contributed by atoms with Gasteiger partial charge in [0, 0.05) is 7.05 Å². The fourth-order valence-corrected chi connectivity index (χ4v) is 2.99. The predicted molar refractivity (Wildman–Crippen MR) is 97.4 cm³/mol. The summed E-state index contributed by atoms with van der Waals surface area (Å²) >= 11 is 8.56. The Morgan fingerprint density at radius 1 is 1.38 bits per heavy atom. The molecule has 2 N–H and O–H groups in total. The second-order valence-corrected chi connectivity index (χ2v) is 6.35. The van der Waals surface area contributed by atoms with Gasteiger partial charge in [0.05, 0.1) is 11.0 Å². The lowest BCUT2D eigenvalue weighted by atomic mass is 10.1. The zero-order valence-corrected chi connectivity index (χ0v) is 15.3. The number of hydrogen-bond acceptors (Lipinski definition) is 4. The van der Waals surface area contributed by atoms with Gasteiger partial charge in [-0.2, -0.15) is 5.10 Å². The Morgan fingerprint density at radius 3 is 2.92 bits per heavy atom. The highest BCUT2D eigenvalue weighted by Gasteiger charge is 2.09. The van der Waals surface area contributed by atoms with Gasteiger partial charge >= 0.3 is 0 Å². The van der Waals surface area contributed by atoms with E-state index < -0.39 is 0 Å². The summed E-state index contributed by atoms with van der Waals surface area (Å²) in [5, 5.41) is 11.6. The standard InChI is InChI=1S/C16H15BrN4O2S/c1-21-13(19-20-16(21)24)8-18-14(22)9-23-12-7-6-10-4-2-3-5-11(10)15(12)17/h2-7H,8-9H2,1H3,(H,18,22)(H,20,24). The van der Waals surface area contributed by atoms with Crippen molar-refractivity contribution in [2.45, 2.75) is 6.54 Å². The van der Waals surface area contributed by atoms with E-state index in [9.17, 15) is 4.79 Å². The molecule has 124 valence electrons.